The van der Waals surface area contributed by atoms with Gasteiger partial charge in [-0.3, -0.25) is 4.90 Å². The van der Waals surface area contributed by atoms with Crippen LogP contribution in [0.2, 0.25) is 0 Å². The molecule has 0 spiro atoms. The number of hydrogen-bond acceptors (Lipinski definition) is 2. The second-order valence-corrected chi connectivity index (χ2v) is 9.94. The van der Waals surface area contributed by atoms with Gasteiger partial charge in [-0.1, -0.05) is 18.2 Å². The van der Waals surface area contributed by atoms with E-state index in [1.807, 2.05) is 18.2 Å². The van der Waals surface area contributed by atoms with Crippen molar-refractivity contribution in [1.29, 1.82) is 0 Å². The topological polar surface area (TPSA) is 56.3 Å². The molecule has 170 valence electrons. The van der Waals surface area contributed by atoms with E-state index < -0.39 is 23.6 Å². The van der Waals surface area contributed by atoms with Crippen molar-refractivity contribution in [3.8, 4) is 0 Å². The Labute approximate surface area is 190 Å². The fraction of sp³-hybridized carbons (Fsp3) is 0.370. The molecule has 7 rings (SSSR count). The summed E-state index contributed by atoms with van der Waals surface area (Å²) in [6, 6.07) is 10.5. The number of aliphatic carboxylic acids is 1. The van der Waals surface area contributed by atoms with E-state index in [9.17, 15) is 4.79 Å². The number of halogens is 2. The molecule has 2 N–H and O–H groups in total. The number of fused-ring (bicyclic) bond motifs is 4. The number of carbonyl (C=O) groups is 1. The monoisotopic (exact) mass is 448 g/mol. The largest absolute Gasteiger partial charge is 0.478 e. The van der Waals surface area contributed by atoms with Crippen molar-refractivity contribution in [2.75, 3.05) is 0 Å². The number of benzene rings is 2. The van der Waals surface area contributed by atoms with Gasteiger partial charge in [0, 0.05) is 40.3 Å². The Bertz CT molecular complexity index is 1270. The van der Waals surface area contributed by atoms with Crippen LogP contribution in [-0.4, -0.2) is 33.0 Å². The summed E-state index contributed by atoms with van der Waals surface area (Å²) in [5, 5.41) is 9.99. The van der Waals surface area contributed by atoms with Crippen molar-refractivity contribution < 1.29 is 18.7 Å². The maximum atomic E-state index is 15.6. The van der Waals surface area contributed by atoms with Gasteiger partial charge in [0.2, 0.25) is 0 Å². The van der Waals surface area contributed by atoms with Crippen molar-refractivity contribution in [2.24, 2.45) is 11.8 Å². The number of nitrogens with one attached hydrogen (secondary N) is 1. The summed E-state index contributed by atoms with van der Waals surface area (Å²) >= 11 is 0. The molecule has 3 aromatic rings. The third kappa shape index (κ3) is 3.22. The molecule has 6 heteroatoms. The first-order valence-corrected chi connectivity index (χ1v) is 11.7. The number of hydrogen-bond donors (Lipinski definition) is 2. The van der Waals surface area contributed by atoms with E-state index in [1.165, 1.54) is 31.1 Å². The van der Waals surface area contributed by atoms with Crippen LogP contribution < -0.4 is 0 Å². The molecule has 4 nitrogen and oxygen atoms in total. The maximum Gasteiger partial charge on any atom is 0.328 e. The van der Waals surface area contributed by atoms with Crippen LogP contribution in [0.25, 0.3) is 17.0 Å². The third-order valence-corrected chi connectivity index (χ3v) is 7.99. The summed E-state index contributed by atoms with van der Waals surface area (Å²) in [7, 11) is 0. The Hall–Kier alpha value is -2.99. The maximum absolute atomic E-state index is 15.6. The lowest BCUT2D eigenvalue weighted by Gasteiger charge is -2.46. The summed E-state index contributed by atoms with van der Waals surface area (Å²) < 4.78 is 31.2. The quantitative estimate of drug-likeness (QED) is 0.505. The normalized spacial score (nSPS) is 28.9. The second kappa shape index (κ2) is 7.52. The van der Waals surface area contributed by atoms with Gasteiger partial charge < -0.3 is 10.1 Å². The van der Waals surface area contributed by atoms with Crippen LogP contribution in [0.3, 0.4) is 0 Å². The highest BCUT2D eigenvalue weighted by atomic mass is 19.1. The van der Waals surface area contributed by atoms with Gasteiger partial charge >= 0.3 is 5.97 Å². The Morgan fingerprint density at radius 3 is 2.55 bits per heavy atom. The van der Waals surface area contributed by atoms with E-state index in [4.69, 9.17) is 5.11 Å². The first-order chi connectivity index (χ1) is 15.9. The first-order valence-electron chi connectivity index (χ1n) is 11.7. The molecule has 3 atom stereocenters. The summed E-state index contributed by atoms with van der Waals surface area (Å²) in [4.78, 5) is 16.7. The molecule has 3 saturated carbocycles. The number of aromatic amines is 1. The molecule has 0 saturated heterocycles. The minimum absolute atomic E-state index is 0.0472. The van der Waals surface area contributed by atoms with Crippen molar-refractivity contribution in [3.63, 3.8) is 0 Å². The molecule has 2 heterocycles. The summed E-state index contributed by atoms with van der Waals surface area (Å²) in [5.41, 5.74) is 3.25. The van der Waals surface area contributed by atoms with Gasteiger partial charge in [0.05, 0.1) is 6.04 Å². The highest BCUT2D eigenvalue weighted by Gasteiger charge is 2.52. The number of rotatable bonds is 4. The lowest BCUT2D eigenvalue weighted by molar-refractivity contribution is -0.131. The van der Waals surface area contributed by atoms with E-state index in [0.717, 1.165) is 47.0 Å². The third-order valence-electron chi connectivity index (χ3n) is 7.99. The molecular formula is C27H26F2N2O2. The first kappa shape index (κ1) is 20.6. The summed E-state index contributed by atoms with van der Waals surface area (Å²) in [6.07, 6.45) is 6.47. The molecule has 1 aliphatic heterocycles. The van der Waals surface area contributed by atoms with Gasteiger partial charge in [-0.15, -0.1) is 0 Å². The van der Waals surface area contributed by atoms with Gasteiger partial charge in [0.15, 0.2) is 0 Å². The molecule has 3 aliphatic carbocycles. The Kier molecular flexibility index (Phi) is 4.70. The van der Waals surface area contributed by atoms with Crippen LogP contribution >= 0.6 is 0 Å². The van der Waals surface area contributed by atoms with Crippen LogP contribution in [0.4, 0.5) is 8.78 Å². The molecule has 1 aromatic heterocycles. The minimum Gasteiger partial charge on any atom is -0.478 e. The highest BCUT2D eigenvalue weighted by Crippen LogP contribution is 2.55. The van der Waals surface area contributed by atoms with E-state index >= 15 is 8.78 Å². The van der Waals surface area contributed by atoms with Crippen molar-refractivity contribution in [1.82, 2.24) is 9.88 Å². The van der Waals surface area contributed by atoms with Gasteiger partial charge in [-0.25, -0.2) is 13.6 Å². The molecule has 3 fully saturated rings. The highest BCUT2D eigenvalue weighted by molar-refractivity contribution is 5.86. The Balaban J connectivity index is 1.53. The van der Waals surface area contributed by atoms with E-state index in [0.29, 0.717) is 12.0 Å². The second-order valence-electron chi connectivity index (χ2n) is 9.94. The molecule has 4 aliphatic rings. The van der Waals surface area contributed by atoms with Gasteiger partial charge in [0.1, 0.15) is 11.6 Å². The van der Waals surface area contributed by atoms with Crippen molar-refractivity contribution in [3.05, 3.63) is 76.5 Å². The Morgan fingerprint density at radius 1 is 1.15 bits per heavy atom. The van der Waals surface area contributed by atoms with E-state index in [2.05, 4.69) is 22.9 Å². The van der Waals surface area contributed by atoms with Gasteiger partial charge in [-0.2, -0.15) is 0 Å². The molecule has 0 radical (unpaired) electrons. The average molecular weight is 449 g/mol. The van der Waals surface area contributed by atoms with Crippen LogP contribution in [0.5, 0.6) is 0 Å². The molecule has 0 unspecified atom stereocenters. The Morgan fingerprint density at radius 2 is 1.88 bits per heavy atom. The number of aromatic nitrogens is 1. The minimum atomic E-state index is -1.16. The molecule has 2 aromatic carbocycles. The smallest absolute Gasteiger partial charge is 0.328 e. The fourth-order valence-corrected chi connectivity index (χ4v) is 6.61. The number of nitrogens with zero attached hydrogens (tertiary/aromatic N) is 1. The zero-order chi connectivity index (χ0) is 22.9. The van der Waals surface area contributed by atoms with E-state index in [1.54, 1.807) is 0 Å². The zero-order valence-electron chi connectivity index (χ0n) is 18.4. The molecule has 0 amide bonds. The van der Waals surface area contributed by atoms with Crippen LogP contribution in [0.15, 0.2) is 42.5 Å². The predicted octanol–water partition coefficient (Wildman–Crippen LogP) is 5.68. The van der Waals surface area contributed by atoms with Gasteiger partial charge in [0.25, 0.3) is 0 Å². The van der Waals surface area contributed by atoms with Crippen LogP contribution in [-0.2, 0) is 11.2 Å². The number of para-hydroxylation sites is 1. The molecule has 2 bridgehead atoms. The SMILES string of the molecule is C[C@@H]1Cc2c([nH]c3ccccc23)[C@@H](c2c(F)cc(/C=C/C(=O)O)cc2F)N1[C@H]1CC2CC1C2. The number of carboxylic acids is 1. The van der Waals surface area contributed by atoms with E-state index in [-0.39, 0.29) is 17.2 Å². The lowest BCUT2D eigenvalue weighted by Crippen LogP contribution is -2.49. The zero-order valence-corrected chi connectivity index (χ0v) is 18.4. The summed E-state index contributed by atoms with van der Waals surface area (Å²) in [5.74, 6) is -1.11. The average Bonchev–Trinajstić information content (AvgIpc) is 3.44. The lowest BCUT2D eigenvalue weighted by atomic mass is 9.81. The van der Waals surface area contributed by atoms with Gasteiger partial charge in [-0.05, 0) is 79.8 Å². The van der Waals surface area contributed by atoms with Crippen molar-refractivity contribution >= 4 is 22.9 Å². The molecule has 33 heavy (non-hydrogen) atoms. The predicted molar refractivity (Wildman–Crippen MR) is 123 cm³/mol. The van der Waals surface area contributed by atoms with Crippen LogP contribution in [0.1, 0.15) is 54.6 Å². The number of H-pyrrole nitrogens is 1. The fourth-order valence-electron chi connectivity index (χ4n) is 6.61. The number of carboxylic acid groups (broad SMARTS) is 1. The van der Waals surface area contributed by atoms with Crippen LogP contribution in [0, 0.1) is 23.5 Å². The standard InChI is InChI=1S/C27H26F2N2O2/c1-14-8-19-18-4-2-3-5-22(18)30-26(19)27(31(14)23-13-16-9-17(23)10-16)25-20(28)11-15(12-21(25)29)6-7-24(32)33/h2-7,11-12,14,16-17,23,27,30H,8-10,13H2,1H3,(H,32,33)/b7-6+/t14-,16?,17?,23+,27-/m1/s1. The molecular weight excluding hydrogens is 422 g/mol. The van der Waals surface area contributed by atoms with Crippen molar-refractivity contribution in [2.45, 2.75) is 50.7 Å². The summed E-state index contributed by atoms with van der Waals surface area (Å²) in [6.45, 7) is 2.17.